The normalized spacial score (nSPS) is 14.5. The van der Waals surface area contributed by atoms with Gasteiger partial charge < -0.3 is 15.0 Å². The Kier molecular flexibility index (Phi) is 6.41. The summed E-state index contributed by atoms with van der Waals surface area (Å²) in [4.78, 5) is 29.2. The number of benzene rings is 1. The van der Waals surface area contributed by atoms with E-state index in [4.69, 9.17) is 4.74 Å². The molecule has 1 fully saturated rings. The molecule has 0 spiro atoms. The van der Waals surface area contributed by atoms with Gasteiger partial charge in [0.2, 0.25) is 0 Å². The van der Waals surface area contributed by atoms with Gasteiger partial charge in [0.1, 0.15) is 5.82 Å². The summed E-state index contributed by atoms with van der Waals surface area (Å²) in [7, 11) is 0. The molecule has 0 saturated carbocycles. The van der Waals surface area contributed by atoms with Gasteiger partial charge in [0.05, 0.1) is 4.92 Å². The molecule has 0 radical (unpaired) electrons. The molecule has 148 valence electrons. The predicted molar refractivity (Wildman–Crippen MR) is 105 cm³/mol. The van der Waals surface area contributed by atoms with E-state index in [1.54, 1.807) is 18.3 Å². The number of ether oxygens (including phenoxy) is 1. The molecule has 28 heavy (non-hydrogen) atoms. The van der Waals surface area contributed by atoms with Crippen molar-refractivity contribution in [2.24, 2.45) is 5.92 Å². The van der Waals surface area contributed by atoms with Crippen LogP contribution in [0.1, 0.15) is 25.3 Å². The molecule has 1 aliphatic heterocycles. The molecular formula is C20H24N4O4. The monoisotopic (exact) mass is 384 g/mol. The fourth-order valence-electron chi connectivity index (χ4n) is 3.07. The van der Waals surface area contributed by atoms with E-state index in [9.17, 15) is 14.9 Å². The highest BCUT2D eigenvalue weighted by Gasteiger charge is 2.17. The van der Waals surface area contributed by atoms with E-state index in [-0.39, 0.29) is 24.0 Å². The minimum absolute atomic E-state index is 0.0736. The van der Waals surface area contributed by atoms with Crippen LogP contribution in [0.3, 0.4) is 0 Å². The summed E-state index contributed by atoms with van der Waals surface area (Å²) < 4.78 is 5.28. The van der Waals surface area contributed by atoms with Crippen LogP contribution in [-0.4, -0.2) is 35.5 Å². The number of hydrogen-bond donors (Lipinski definition) is 1. The predicted octanol–water partition coefficient (Wildman–Crippen LogP) is 2.92. The van der Waals surface area contributed by atoms with Gasteiger partial charge in [-0.2, -0.15) is 0 Å². The van der Waals surface area contributed by atoms with Crippen molar-refractivity contribution in [1.82, 2.24) is 10.3 Å². The first-order valence-corrected chi connectivity index (χ1v) is 9.35. The van der Waals surface area contributed by atoms with Crippen LogP contribution in [0.15, 0.2) is 42.6 Å². The second-order valence-corrected chi connectivity index (χ2v) is 6.98. The Hall–Kier alpha value is -3.16. The molecule has 2 aromatic rings. The lowest BCUT2D eigenvalue weighted by Crippen LogP contribution is -2.33. The molecule has 0 atom stereocenters. The first-order valence-electron chi connectivity index (χ1n) is 9.35. The molecule has 1 aromatic carbocycles. The summed E-state index contributed by atoms with van der Waals surface area (Å²) in [5, 5.41) is 13.7. The third-order valence-electron chi connectivity index (χ3n) is 4.83. The number of hydrogen-bond acceptors (Lipinski definition) is 6. The number of rotatable bonds is 7. The van der Waals surface area contributed by atoms with Gasteiger partial charge in [0.15, 0.2) is 12.4 Å². The van der Waals surface area contributed by atoms with Gasteiger partial charge >= 0.3 is 5.69 Å². The molecule has 3 rings (SSSR count). The summed E-state index contributed by atoms with van der Waals surface area (Å²) in [6.07, 6.45) is 4.12. The summed E-state index contributed by atoms with van der Waals surface area (Å²) in [6.45, 7) is 4.35. The van der Waals surface area contributed by atoms with Crippen LogP contribution >= 0.6 is 0 Å². The summed E-state index contributed by atoms with van der Waals surface area (Å²) in [5.41, 5.74) is 0.718. The van der Waals surface area contributed by atoms with Crippen LogP contribution in [0.5, 0.6) is 5.75 Å². The van der Waals surface area contributed by atoms with Gasteiger partial charge in [-0.15, -0.1) is 0 Å². The van der Waals surface area contributed by atoms with Crippen molar-refractivity contribution < 1.29 is 14.5 Å². The van der Waals surface area contributed by atoms with Gasteiger partial charge in [-0.1, -0.05) is 25.1 Å². The third-order valence-corrected chi connectivity index (χ3v) is 4.83. The van der Waals surface area contributed by atoms with E-state index in [0.717, 1.165) is 30.4 Å². The molecule has 2 heterocycles. The maximum atomic E-state index is 12.0. The molecule has 1 amide bonds. The van der Waals surface area contributed by atoms with Crippen LogP contribution in [0, 0.1) is 16.0 Å². The van der Waals surface area contributed by atoms with Crippen LogP contribution in [-0.2, 0) is 11.3 Å². The Balaban J connectivity index is 1.46. The standard InChI is InChI=1S/C20H24N4O4/c1-15-8-10-23(11-9-15)19-7-6-16(12-21-19)13-22-20(25)14-28-18-5-3-2-4-17(18)24(26)27/h2-7,12,15H,8-11,13-14H2,1H3,(H,22,25). The van der Waals surface area contributed by atoms with Crippen LogP contribution in [0.25, 0.3) is 0 Å². The van der Waals surface area contributed by atoms with Gasteiger partial charge in [-0.25, -0.2) is 4.98 Å². The van der Waals surface area contributed by atoms with Crippen molar-refractivity contribution in [2.75, 3.05) is 24.6 Å². The number of amides is 1. The zero-order chi connectivity index (χ0) is 19.9. The molecule has 0 bridgehead atoms. The number of aromatic nitrogens is 1. The number of piperidine rings is 1. The lowest BCUT2D eigenvalue weighted by atomic mass is 9.99. The minimum Gasteiger partial charge on any atom is -0.477 e. The van der Waals surface area contributed by atoms with Crippen LogP contribution in [0.4, 0.5) is 11.5 Å². The van der Waals surface area contributed by atoms with E-state index < -0.39 is 4.92 Å². The van der Waals surface area contributed by atoms with Crippen molar-refractivity contribution >= 4 is 17.4 Å². The number of nitro groups is 1. The highest BCUT2D eigenvalue weighted by molar-refractivity contribution is 5.77. The molecule has 1 aromatic heterocycles. The fourth-order valence-corrected chi connectivity index (χ4v) is 3.07. The first-order chi connectivity index (χ1) is 13.5. The average molecular weight is 384 g/mol. The molecule has 0 aliphatic carbocycles. The Morgan fingerprint density at radius 3 is 2.71 bits per heavy atom. The fraction of sp³-hybridized carbons (Fsp3) is 0.400. The number of anilines is 1. The van der Waals surface area contributed by atoms with Crippen molar-refractivity contribution in [3.63, 3.8) is 0 Å². The average Bonchev–Trinajstić information content (AvgIpc) is 2.72. The van der Waals surface area contributed by atoms with E-state index in [0.29, 0.717) is 6.54 Å². The Labute approximate surface area is 163 Å². The molecule has 1 saturated heterocycles. The number of carbonyl (C=O) groups excluding carboxylic acids is 1. The number of nitro benzene ring substituents is 1. The highest BCUT2D eigenvalue weighted by Crippen LogP contribution is 2.25. The first kappa shape index (κ1) is 19.6. The van der Waals surface area contributed by atoms with Gasteiger partial charge in [0.25, 0.3) is 5.91 Å². The second kappa shape index (κ2) is 9.16. The van der Waals surface area contributed by atoms with Crippen LogP contribution in [0.2, 0.25) is 0 Å². The minimum atomic E-state index is -0.538. The number of carbonyl (C=O) groups is 1. The molecule has 1 aliphatic rings. The van der Waals surface area contributed by atoms with Crippen molar-refractivity contribution in [3.8, 4) is 5.75 Å². The van der Waals surface area contributed by atoms with Gasteiger partial charge in [-0.05, 0) is 36.5 Å². The van der Waals surface area contributed by atoms with Crippen molar-refractivity contribution in [1.29, 1.82) is 0 Å². The number of pyridine rings is 1. The third kappa shape index (κ3) is 5.18. The van der Waals surface area contributed by atoms with E-state index in [2.05, 4.69) is 22.1 Å². The summed E-state index contributed by atoms with van der Waals surface area (Å²) in [5.74, 6) is 1.45. The summed E-state index contributed by atoms with van der Waals surface area (Å²) >= 11 is 0. The maximum absolute atomic E-state index is 12.0. The quantitative estimate of drug-likeness (QED) is 0.582. The molecule has 8 nitrogen and oxygen atoms in total. The van der Waals surface area contributed by atoms with E-state index in [1.807, 2.05) is 12.1 Å². The maximum Gasteiger partial charge on any atom is 0.310 e. The van der Waals surface area contributed by atoms with Crippen molar-refractivity contribution in [3.05, 3.63) is 58.3 Å². The summed E-state index contributed by atoms with van der Waals surface area (Å²) in [6, 6.07) is 9.90. The van der Waals surface area contributed by atoms with Gasteiger partial charge in [0, 0.05) is 31.9 Å². The van der Waals surface area contributed by atoms with Gasteiger partial charge in [-0.3, -0.25) is 14.9 Å². The van der Waals surface area contributed by atoms with Crippen LogP contribution < -0.4 is 15.0 Å². The lowest BCUT2D eigenvalue weighted by molar-refractivity contribution is -0.385. The number of nitrogens with zero attached hydrogens (tertiary/aromatic N) is 3. The zero-order valence-corrected chi connectivity index (χ0v) is 15.8. The smallest absolute Gasteiger partial charge is 0.310 e. The Morgan fingerprint density at radius 1 is 1.29 bits per heavy atom. The molecule has 1 N–H and O–H groups in total. The lowest BCUT2D eigenvalue weighted by Gasteiger charge is -2.31. The van der Waals surface area contributed by atoms with E-state index in [1.165, 1.54) is 25.0 Å². The second-order valence-electron chi connectivity index (χ2n) is 6.98. The largest absolute Gasteiger partial charge is 0.477 e. The zero-order valence-electron chi connectivity index (χ0n) is 15.8. The Bertz CT molecular complexity index is 817. The number of nitrogens with one attached hydrogen (secondary N) is 1. The van der Waals surface area contributed by atoms with Crippen molar-refractivity contribution in [2.45, 2.75) is 26.3 Å². The SMILES string of the molecule is CC1CCN(c2ccc(CNC(=O)COc3ccccc3[N+](=O)[O-])cn2)CC1. The highest BCUT2D eigenvalue weighted by atomic mass is 16.6. The number of para-hydroxylation sites is 2. The topological polar surface area (TPSA) is 97.6 Å². The molecule has 8 heteroatoms. The molecular weight excluding hydrogens is 360 g/mol. The Morgan fingerprint density at radius 2 is 2.04 bits per heavy atom. The molecule has 0 unspecified atom stereocenters. The van der Waals surface area contributed by atoms with E-state index >= 15 is 0 Å².